The fourth-order valence-corrected chi connectivity index (χ4v) is 3.01. The fraction of sp³-hybridized carbons (Fsp3) is 0.0500. The van der Waals surface area contributed by atoms with Crippen molar-refractivity contribution in [2.24, 2.45) is 0 Å². The molecule has 4 aromatic rings. The lowest BCUT2D eigenvalue weighted by Crippen LogP contribution is -1.93. The number of phenolic OH excluding ortho intramolecular Hbond substituents is 1. The molecular formula is C20H15NO. The van der Waals surface area contributed by atoms with Crippen LogP contribution in [0.25, 0.3) is 21.7 Å². The van der Waals surface area contributed by atoms with Crippen LogP contribution in [0.15, 0.2) is 72.9 Å². The second-order valence-electron chi connectivity index (χ2n) is 5.45. The lowest BCUT2D eigenvalue weighted by molar-refractivity contribution is 0.470. The van der Waals surface area contributed by atoms with Gasteiger partial charge in [0, 0.05) is 23.6 Å². The molecule has 0 saturated carbocycles. The molecule has 106 valence electrons. The summed E-state index contributed by atoms with van der Waals surface area (Å²) in [7, 11) is 0. The van der Waals surface area contributed by atoms with Crippen LogP contribution in [0.1, 0.15) is 11.1 Å². The number of fused-ring (bicyclic) bond motifs is 2. The van der Waals surface area contributed by atoms with Gasteiger partial charge in [0.15, 0.2) is 0 Å². The van der Waals surface area contributed by atoms with Crippen LogP contribution in [0.4, 0.5) is 0 Å². The van der Waals surface area contributed by atoms with Crippen LogP contribution in [-0.4, -0.2) is 10.1 Å². The second kappa shape index (κ2) is 5.15. The lowest BCUT2D eigenvalue weighted by Gasteiger charge is -2.11. The number of aromatic nitrogens is 1. The van der Waals surface area contributed by atoms with Crippen LogP contribution in [0.3, 0.4) is 0 Å². The van der Waals surface area contributed by atoms with E-state index in [4.69, 9.17) is 0 Å². The summed E-state index contributed by atoms with van der Waals surface area (Å²) in [5, 5.41) is 13.7. The van der Waals surface area contributed by atoms with Gasteiger partial charge in [-0.25, -0.2) is 0 Å². The molecular weight excluding hydrogens is 270 g/mol. The molecule has 1 N–H and O–H groups in total. The van der Waals surface area contributed by atoms with Crippen molar-refractivity contribution in [1.82, 2.24) is 4.98 Å². The zero-order valence-electron chi connectivity index (χ0n) is 12.0. The zero-order valence-corrected chi connectivity index (χ0v) is 12.0. The van der Waals surface area contributed by atoms with E-state index >= 15 is 0 Å². The highest BCUT2D eigenvalue weighted by atomic mass is 16.3. The van der Waals surface area contributed by atoms with Crippen molar-refractivity contribution in [2.45, 2.75) is 6.42 Å². The van der Waals surface area contributed by atoms with Crippen molar-refractivity contribution in [3.05, 3.63) is 84.1 Å². The summed E-state index contributed by atoms with van der Waals surface area (Å²) in [6.45, 7) is 0. The molecule has 0 bridgehead atoms. The maximum absolute atomic E-state index is 10.3. The van der Waals surface area contributed by atoms with Crippen molar-refractivity contribution < 1.29 is 5.11 Å². The standard InChI is InChI=1S/C20H15NO/c22-19-11-10-14-5-1-2-9-17(14)18(19)13-16-7-3-6-15-8-4-12-21-20(15)16/h1-12,22H,13H2. The van der Waals surface area contributed by atoms with E-state index < -0.39 is 0 Å². The topological polar surface area (TPSA) is 33.1 Å². The molecule has 0 saturated heterocycles. The monoisotopic (exact) mass is 285 g/mol. The molecule has 0 spiro atoms. The molecule has 0 atom stereocenters. The molecule has 3 aromatic carbocycles. The molecule has 2 nitrogen and oxygen atoms in total. The lowest BCUT2D eigenvalue weighted by atomic mass is 9.96. The van der Waals surface area contributed by atoms with E-state index in [1.807, 2.05) is 36.5 Å². The molecule has 0 amide bonds. The zero-order chi connectivity index (χ0) is 14.9. The average molecular weight is 285 g/mol. The van der Waals surface area contributed by atoms with Crippen molar-refractivity contribution in [2.75, 3.05) is 0 Å². The minimum Gasteiger partial charge on any atom is -0.508 e. The number of para-hydroxylation sites is 1. The Morgan fingerprint density at radius 2 is 1.59 bits per heavy atom. The van der Waals surface area contributed by atoms with Gasteiger partial charge in [-0.15, -0.1) is 0 Å². The van der Waals surface area contributed by atoms with Gasteiger partial charge >= 0.3 is 0 Å². The number of pyridine rings is 1. The molecule has 1 aromatic heterocycles. The molecule has 22 heavy (non-hydrogen) atoms. The van der Waals surface area contributed by atoms with Gasteiger partial charge in [-0.1, -0.05) is 54.6 Å². The van der Waals surface area contributed by atoms with Gasteiger partial charge in [0.25, 0.3) is 0 Å². The summed E-state index contributed by atoms with van der Waals surface area (Å²) in [4.78, 5) is 4.51. The Kier molecular flexibility index (Phi) is 3.01. The first kappa shape index (κ1) is 12.8. The number of phenols is 1. The summed E-state index contributed by atoms with van der Waals surface area (Å²) in [6, 6.07) is 22.1. The Labute approximate surface area is 128 Å². The molecule has 0 aliphatic heterocycles. The largest absolute Gasteiger partial charge is 0.508 e. The average Bonchev–Trinajstić information content (AvgIpc) is 2.58. The summed E-state index contributed by atoms with van der Waals surface area (Å²) in [6.07, 6.45) is 2.48. The minimum absolute atomic E-state index is 0.339. The third-order valence-corrected chi connectivity index (χ3v) is 4.10. The number of rotatable bonds is 2. The maximum Gasteiger partial charge on any atom is 0.119 e. The number of hydrogen-bond donors (Lipinski definition) is 1. The highest BCUT2D eigenvalue weighted by Crippen LogP contribution is 2.30. The van der Waals surface area contributed by atoms with E-state index in [9.17, 15) is 5.11 Å². The van der Waals surface area contributed by atoms with Gasteiger partial charge in [-0.3, -0.25) is 4.98 Å². The highest BCUT2D eigenvalue weighted by molar-refractivity contribution is 5.89. The van der Waals surface area contributed by atoms with Crippen LogP contribution < -0.4 is 0 Å². The van der Waals surface area contributed by atoms with Crippen LogP contribution in [0, 0.1) is 0 Å². The molecule has 4 rings (SSSR count). The molecule has 0 unspecified atom stereocenters. The molecule has 0 radical (unpaired) electrons. The van der Waals surface area contributed by atoms with E-state index in [0.717, 1.165) is 32.8 Å². The minimum atomic E-state index is 0.339. The van der Waals surface area contributed by atoms with Gasteiger partial charge in [0.1, 0.15) is 5.75 Å². The molecule has 1 heterocycles. The molecule has 0 fully saturated rings. The van der Waals surface area contributed by atoms with E-state index in [0.29, 0.717) is 12.2 Å². The SMILES string of the molecule is Oc1ccc2ccccc2c1Cc1cccc2cccnc12. The Bertz CT molecular complexity index is 970. The summed E-state index contributed by atoms with van der Waals surface area (Å²) in [5.41, 5.74) is 3.08. The quantitative estimate of drug-likeness (QED) is 0.580. The van der Waals surface area contributed by atoms with Crippen molar-refractivity contribution in [1.29, 1.82) is 0 Å². The first-order chi connectivity index (χ1) is 10.8. The van der Waals surface area contributed by atoms with Gasteiger partial charge in [-0.2, -0.15) is 0 Å². The van der Waals surface area contributed by atoms with Crippen molar-refractivity contribution in [3.8, 4) is 5.75 Å². The molecule has 0 aliphatic rings. The van der Waals surface area contributed by atoms with E-state index in [-0.39, 0.29) is 0 Å². The number of hydrogen-bond acceptors (Lipinski definition) is 2. The van der Waals surface area contributed by atoms with Gasteiger partial charge in [0.05, 0.1) is 5.52 Å². The van der Waals surface area contributed by atoms with Crippen LogP contribution in [-0.2, 0) is 6.42 Å². The van der Waals surface area contributed by atoms with E-state index in [2.05, 4.69) is 35.3 Å². The summed E-state index contributed by atoms with van der Waals surface area (Å²) < 4.78 is 0. The summed E-state index contributed by atoms with van der Waals surface area (Å²) in [5.74, 6) is 0.339. The van der Waals surface area contributed by atoms with Crippen LogP contribution in [0.2, 0.25) is 0 Å². The van der Waals surface area contributed by atoms with E-state index in [1.165, 1.54) is 0 Å². The number of nitrogens with zero attached hydrogens (tertiary/aromatic N) is 1. The van der Waals surface area contributed by atoms with Crippen LogP contribution >= 0.6 is 0 Å². The van der Waals surface area contributed by atoms with Crippen LogP contribution in [0.5, 0.6) is 5.75 Å². The normalized spacial score (nSPS) is 11.1. The number of benzene rings is 3. The Hall–Kier alpha value is -2.87. The third-order valence-electron chi connectivity index (χ3n) is 4.10. The van der Waals surface area contributed by atoms with Gasteiger partial charge in [0.2, 0.25) is 0 Å². The van der Waals surface area contributed by atoms with E-state index in [1.54, 1.807) is 6.07 Å². The first-order valence-electron chi connectivity index (χ1n) is 7.35. The second-order valence-corrected chi connectivity index (χ2v) is 5.45. The maximum atomic E-state index is 10.3. The van der Waals surface area contributed by atoms with Crippen molar-refractivity contribution >= 4 is 21.7 Å². The smallest absolute Gasteiger partial charge is 0.119 e. The Morgan fingerprint density at radius 1 is 0.773 bits per heavy atom. The van der Waals surface area contributed by atoms with Gasteiger partial charge < -0.3 is 5.11 Å². The predicted octanol–water partition coefficient (Wildman–Crippen LogP) is 4.68. The van der Waals surface area contributed by atoms with Crippen molar-refractivity contribution in [3.63, 3.8) is 0 Å². The molecule has 0 aliphatic carbocycles. The molecule has 2 heteroatoms. The Morgan fingerprint density at radius 3 is 2.55 bits per heavy atom. The Balaban J connectivity index is 1.91. The van der Waals surface area contributed by atoms with Gasteiger partial charge in [-0.05, 0) is 28.5 Å². The fourth-order valence-electron chi connectivity index (χ4n) is 3.01. The highest BCUT2D eigenvalue weighted by Gasteiger charge is 2.10. The first-order valence-corrected chi connectivity index (χ1v) is 7.35. The number of aromatic hydroxyl groups is 1. The predicted molar refractivity (Wildman–Crippen MR) is 90.2 cm³/mol. The summed E-state index contributed by atoms with van der Waals surface area (Å²) >= 11 is 0. The third kappa shape index (κ3) is 2.09.